The number of benzene rings is 1. The van der Waals surface area contributed by atoms with E-state index in [0.717, 1.165) is 18.8 Å². The average molecular weight is 348 g/mol. The Morgan fingerprint density at radius 3 is 2.60 bits per heavy atom. The third-order valence-corrected chi connectivity index (χ3v) is 4.59. The zero-order valence-corrected chi connectivity index (χ0v) is 13.2. The molecule has 2 aromatic heterocycles. The summed E-state index contributed by atoms with van der Waals surface area (Å²) in [6, 6.07) is 14.6. The third kappa shape index (κ3) is 3.36. The van der Waals surface area contributed by atoms with Crippen LogP contribution in [0.5, 0.6) is 0 Å². The lowest BCUT2D eigenvalue weighted by atomic mass is 10.2. The fraction of sp³-hybridized carbons (Fsp3) is 0.133. The smallest absolute Gasteiger partial charge is 0.0701 e. The Morgan fingerprint density at radius 1 is 1.10 bits per heavy atom. The van der Waals surface area contributed by atoms with Crippen LogP contribution in [0.2, 0.25) is 0 Å². The van der Waals surface area contributed by atoms with Crippen molar-refractivity contribution >= 4 is 27.3 Å². The summed E-state index contributed by atoms with van der Waals surface area (Å²) < 4.78 is 3.04. The van der Waals surface area contributed by atoms with Gasteiger partial charge in [0.05, 0.1) is 9.47 Å². The lowest BCUT2D eigenvalue weighted by Crippen LogP contribution is -2.11. The van der Waals surface area contributed by atoms with Gasteiger partial charge in [-0.25, -0.2) is 4.68 Å². The number of rotatable bonds is 5. The predicted molar refractivity (Wildman–Crippen MR) is 86.1 cm³/mol. The zero-order chi connectivity index (χ0) is 13.8. The van der Waals surface area contributed by atoms with Crippen LogP contribution in [0.4, 0.5) is 0 Å². The number of nitrogens with one attached hydrogen (secondary N) is 1. The molecular weight excluding hydrogens is 334 g/mol. The summed E-state index contributed by atoms with van der Waals surface area (Å²) in [6.07, 6.45) is 3.73. The number of halogens is 1. The zero-order valence-electron chi connectivity index (χ0n) is 10.8. The first-order valence-electron chi connectivity index (χ1n) is 6.35. The number of hydrogen-bond donors (Lipinski definition) is 1. The van der Waals surface area contributed by atoms with Crippen LogP contribution >= 0.6 is 27.3 Å². The average Bonchev–Trinajstić information content (AvgIpc) is 3.11. The van der Waals surface area contributed by atoms with Crippen molar-refractivity contribution in [1.29, 1.82) is 0 Å². The van der Waals surface area contributed by atoms with Crippen molar-refractivity contribution < 1.29 is 0 Å². The molecule has 3 rings (SSSR count). The van der Waals surface area contributed by atoms with Gasteiger partial charge in [0.25, 0.3) is 0 Å². The molecule has 5 heteroatoms. The molecule has 0 aliphatic rings. The highest BCUT2D eigenvalue weighted by atomic mass is 79.9. The van der Waals surface area contributed by atoms with E-state index >= 15 is 0 Å². The monoisotopic (exact) mass is 347 g/mol. The fourth-order valence-corrected chi connectivity index (χ4v) is 3.42. The number of nitrogens with zero attached hydrogens (tertiary/aromatic N) is 2. The van der Waals surface area contributed by atoms with Crippen molar-refractivity contribution in [3.05, 3.63) is 69.1 Å². The first-order chi connectivity index (χ1) is 9.81. The van der Waals surface area contributed by atoms with Crippen molar-refractivity contribution in [2.75, 3.05) is 0 Å². The molecule has 3 nitrogen and oxygen atoms in total. The van der Waals surface area contributed by atoms with E-state index in [1.807, 2.05) is 16.9 Å². The SMILES string of the molecule is Brc1ccc(CNCc2ccc(-n3cccn3)cc2)s1. The molecule has 0 saturated heterocycles. The Balaban J connectivity index is 1.56. The van der Waals surface area contributed by atoms with E-state index < -0.39 is 0 Å². The second-order valence-electron chi connectivity index (χ2n) is 4.43. The molecule has 0 aliphatic heterocycles. The quantitative estimate of drug-likeness (QED) is 0.756. The van der Waals surface area contributed by atoms with E-state index in [4.69, 9.17) is 0 Å². The van der Waals surface area contributed by atoms with Gasteiger partial charge in [-0.05, 0) is 51.8 Å². The van der Waals surface area contributed by atoms with Gasteiger partial charge in [0, 0.05) is 30.4 Å². The van der Waals surface area contributed by atoms with Crippen LogP contribution in [-0.2, 0) is 13.1 Å². The molecule has 0 amide bonds. The molecule has 0 bridgehead atoms. The Hall–Kier alpha value is -1.43. The first kappa shape index (κ1) is 13.5. The summed E-state index contributed by atoms with van der Waals surface area (Å²) >= 11 is 5.24. The first-order valence-corrected chi connectivity index (χ1v) is 7.96. The van der Waals surface area contributed by atoms with Crippen molar-refractivity contribution in [3.8, 4) is 5.69 Å². The predicted octanol–water partition coefficient (Wildman–Crippen LogP) is 3.99. The highest BCUT2D eigenvalue weighted by Crippen LogP contribution is 2.21. The Bertz CT molecular complexity index is 659. The molecular formula is C15H14BrN3S. The number of hydrogen-bond acceptors (Lipinski definition) is 3. The van der Waals surface area contributed by atoms with Gasteiger partial charge in [-0.2, -0.15) is 5.10 Å². The van der Waals surface area contributed by atoms with Gasteiger partial charge in [-0.15, -0.1) is 11.3 Å². The summed E-state index contributed by atoms with van der Waals surface area (Å²) in [6.45, 7) is 1.77. The van der Waals surface area contributed by atoms with Gasteiger partial charge < -0.3 is 5.32 Å². The molecule has 0 spiro atoms. The van der Waals surface area contributed by atoms with Gasteiger partial charge in [-0.3, -0.25) is 0 Å². The van der Waals surface area contributed by atoms with Crippen LogP contribution in [-0.4, -0.2) is 9.78 Å². The summed E-state index contributed by atoms with van der Waals surface area (Å²) in [4.78, 5) is 1.34. The van der Waals surface area contributed by atoms with Gasteiger partial charge in [-0.1, -0.05) is 12.1 Å². The second-order valence-corrected chi connectivity index (χ2v) is 6.97. The highest BCUT2D eigenvalue weighted by Gasteiger charge is 1.99. The van der Waals surface area contributed by atoms with E-state index in [9.17, 15) is 0 Å². The maximum atomic E-state index is 4.22. The molecule has 0 radical (unpaired) electrons. The molecule has 102 valence electrons. The van der Waals surface area contributed by atoms with E-state index in [1.54, 1.807) is 17.5 Å². The van der Waals surface area contributed by atoms with Crippen molar-refractivity contribution in [1.82, 2.24) is 15.1 Å². The standard InChI is InChI=1S/C15H14BrN3S/c16-15-7-6-14(20-15)11-17-10-12-2-4-13(5-3-12)19-9-1-8-18-19/h1-9,17H,10-11H2. The lowest BCUT2D eigenvalue weighted by Gasteiger charge is -2.05. The van der Waals surface area contributed by atoms with E-state index in [0.29, 0.717) is 0 Å². The second kappa shape index (κ2) is 6.35. The van der Waals surface area contributed by atoms with Crippen LogP contribution in [0, 0.1) is 0 Å². The van der Waals surface area contributed by atoms with Crippen LogP contribution in [0.15, 0.2) is 58.6 Å². The minimum atomic E-state index is 0.870. The maximum absolute atomic E-state index is 4.22. The van der Waals surface area contributed by atoms with Gasteiger partial charge >= 0.3 is 0 Å². The normalized spacial score (nSPS) is 10.8. The Kier molecular flexibility index (Phi) is 4.30. The molecule has 1 N–H and O–H groups in total. The molecule has 2 heterocycles. The van der Waals surface area contributed by atoms with Crippen molar-refractivity contribution in [2.24, 2.45) is 0 Å². The summed E-state index contributed by atoms with van der Waals surface area (Å²) in [5.41, 5.74) is 2.36. The molecule has 0 unspecified atom stereocenters. The number of aromatic nitrogens is 2. The van der Waals surface area contributed by atoms with Gasteiger partial charge in [0.1, 0.15) is 0 Å². The molecule has 1 aromatic carbocycles. The fourth-order valence-electron chi connectivity index (χ4n) is 1.96. The summed E-state index contributed by atoms with van der Waals surface area (Å²) in [5, 5.41) is 7.67. The minimum absolute atomic E-state index is 0.870. The topological polar surface area (TPSA) is 29.9 Å². The van der Waals surface area contributed by atoms with E-state index in [-0.39, 0.29) is 0 Å². The Morgan fingerprint density at radius 2 is 1.95 bits per heavy atom. The van der Waals surface area contributed by atoms with Crippen LogP contribution in [0.3, 0.4) is 0 Å². The highest BCUT2D eigenvalue weighted by molar-refractivity contribution is 9.11. The van der Waals surface area contributed by atoms with Gasteiger partial charge in [0.15, 0.2) is 0 Å². The van der Waals surface area contributed by atoms with Crippen LogP contribution in [0.25, 0.3) is 5.69 Å². The Labute approximate surface area is 130 Å². The van der Waals surface area contributed by atoms with Crippen molar-refractivity contribution in [3.63, 3.8) is 0 Å². The maximum Gasteiger partial charge on any atom is 0.0701 e. The molecule has 0 atom stereocenters. The molecule has 0 aliphatic carbocycles. The van der Waals surface area contributed by atoms with Crippen LogP contribution in [0.1, 0.15) is 10.4 Å². The summed E-state index contributed by atoms with van der Waals surface area (Å²) in [5.74, 6) is 0. The lowest BCUT2D eigenvalue weighted by molar-refractivity contribution is 0.700. The van der Waals surface area contributed by atoms with E-state index in [1.165, 1.54) is 14.2 Å². The van der Waals surface area contributed by atoms with Gasteiger partial charge in [0.2, 0.25) is 0 Å². The summed E-state index contributed by atoms with van der Waals surface area (Å²) in [7, 11) is 0. The number of thiophene rings is 1. The molecule has 0 fully saturated rings. The third-order valence-electron chi connectivity index (χ3n) is 2.96. The van der Waals surface area contributed by atoms with E-state index in [2.05, 4.69) is 62.7 Å². The molecule has 0 saturated carbocycles. The minimum Gasteiger partial charge on any atom is -0.308 e. The molecule has 3 aromatic rings. The largest absolute Gasteiger partial charge is 0.308 e. The van der Waals surface area contributed by atoms with Crippen LogP contribution < -0.4 is 5.32 Å². The molecule has 20 heavy (non-hydrogen) atoms. The van der Waals surface area contributed by atoms with Crippen molar-refractivity contribution in [2.45, 2.75) is 13.1 Å².